The first-order valence-electron chi connectivity index (χ1n) is 12.2. The Morgan fingerprint density at radius 3 is 2.68 bits per heavy atom. The zero-order valence-electron chi connectivity index (χ0n) is 21.2. The third-order valence-corrected chi connectivity index (χ3v) is 8.19. The third kappa shape index (κ3) is 5.45. The molecule has 0 radical (unpaired) electrons. The minimum atomic E-state index is -3.08. The van der Waals surface area contributed by atoms with E-state index in [0.29, 0.717) is 27.1 Å². The van der Waals surface area contributed by atoms with E-state index in [1.54, 1.807) is 47.7 Å². The standard InChI is InChI=1S/C26H29ClF2N4O4S/c1-4-37-24(36)20-17(13-33-14-26(28,29)25(2,3)18(33)9-10-19(34)35)31-22(23-30-11-12-38-23)32-21(20)15-7-5-6-8-16(15)27/h5-8,11-12,18,21H,4,9-10,13-14H2,1-3H3,(H,31,32)(H,34,35)/t18-,21-/m0/s1. The Balaban J connectivity index is 1.82. The Kier molecular flexibility index (Phi) is 8.20. The molecule has 204 valence electrons. The number of nitrogens with zero attached hydrogens (tertiary/aromatic N) is 3. The second-order valence-electron chi connectivity index (χ2n) is 9.76. The summed E-state index contributed by atoms with van der Waals surface area (Å²) < 4.78 is 35.8. The molecule has 2 aromatic rings. The number of thiazole rings is 1. The molecule has 0 spiro atoms. The first-order valence-corrected chi connectivity index (χ1v) is 13.4. The average Bonchev–Trinajstić information content (AvgIpc) is 3.43. The number of rotatable bonds is 9. The molecule has 2 N–H and O–H groups in total. The molecule has 0 unspecified atom stereocenters. The fourth-order valence-electron chi connectivity index (χ4n) is 4.98. The Morgan fingerprint density at radius 2 is 2.05 bits per heavy atom. The molecule has 38 heavy (non-hydrogen) atoms. The maximum Gasteiger partial charge on any atom is 0.338 e. The van der Waals surface area contributed by atoms with E-state index in [-0.39, 0.29) is 31.6 Å². The van der Waals surface area contributed by atoms with Gasteiger partial charge in [-0.1, -0.05) is 43.6 Å². The number of benzene rings is 1. The smallest absolute Gasteiger partial charge is 0.338 e. The number of aliphatic imine (C=N–C) groups is 1. The topological polar surface area (TPSA) is 104 Å². The van der Waals surface area contributed by atoms with Crippen molar-refractivity contribution in [2.45, 2.75) is 51.6 Å². The number of ether oxygens (including phenoxy) is 1. The molecule has 1 aromatic heterocycles. The number of carboxylic acid groups (broad SMARTS) is 1. The van der Waals surface area contributed by atoms with E-state index in [1.807, 2.05) is 0 Å². The van der Waals surface area contributed by atoms with Crippen molar-refractivity contribution < 1.29 is 28.2 Å². The molecule has 0 amide bonds. The van der Waals surface area contributed by atoms with Gasteiger partial charge in [-0.25, -0.2) is 18.6 Å². The van der Waals surface area contributed by atoms with Gasteiger partial charge in [0.25, 0.3) is 5.92 Å². The highest BCUT2D eigenvalue weighted by Gasteiger charge is 2.60. The van der Waals surface area contributed by atoms with Crippen molar-refractivity contribution in [3.8, 4) is 0 Å². The maximum absolute atomic E-state index is 15.2. The molecule has 0 bridgehead atoms. The van der Waals surface area contributed by atoms with E-state index in [4.69, 9.17) is 21.3 Å². The number of carboxylic acids is 1. The summed E-state index contributed by atoms with van der Waals surface area (Å²) in [6.07, 6.45) is 1.39. The van der Waals surface area contributed by atoms with Crippen LogP contribution in [0.25, 0.3) is 0 Å². The van der Waals surface area contributed by atoms with Gasteiger partial charge in [-0.05, 0) is 19.4 Å². The number of likely N-dealkylation sites (tertiary alicyclic amines) is 1. The zero-order chi connectivity index (χ0) is 27.7. The second-order valence-corrected chi connectivity index (χ2v) is 11.1. The van der Waals surface area contributed by atoms with Crippen LogP contribution >= 0.6 is 22.9 Å². The van der Waals surface area contributed by atoms with Gasteiger partial charge < -0.3 is 15.2 Å². The van der Waals surface area contributed by atoms with Gasteiger partial charge in [0.2, 0.25) is 0 Å². The van der Waals surface area contributed by atoms with Crippen molar-refractivity contribution in [3.63, 3.8) is 0 Å². The maximum atomic E-state index is 15.2. The summed E-state index contributed by atoms with van der Waals surface area (Å²) in [4.78, 5) is 35.3. The molecule has 2 aliphatic rings. The van der Waals surface area contributed by atoms with Gasteiger partial charge in [-0.3, -0.25) is 14.7 Å². The lowest BCUT2D eigenvalue weighted by Gasteiger charge is -2.35. The molecular weight excluding hydrogens is 538 g/mol. The van der Waals surface area contributed by atoms with E-state index in [1.165, 1.54) is 25.2 Å². The Labute approximate surface area is 228 Å². The van der Waals surface area contributed by atoms with Crippen LogP contribution < -0.4 is 5.32 Å². The van der Waals surface area contributed by atoms with Crippen LogP contribution in [-0.2, 0) is 14.3 Å². The molecule has 1 saturated heterocycles. The molecule has 3 heterocycles. The highest BCUT2D eigenvalue weighted by atomic mass is 35.5. The summed E-state index contributed by atoms with van der Waals surface area (Å²) in [5.74, 6) is -4.41. The van der Waals surface area contributed by atoms with E-state index >= 15 is 8.78 Å². The lowest BCUT2D eigenvalue weighted by molar-refractivity contribution is -0.139. The number of hydrogen-bond donors (Lipinski definition) is 2. The minimum Gasteiger partial charge on any atom is -0.481 e. The van der Waals surface area contributed by atoms with Gasteiger partial charge >= 0.3 is 11.9 Å². The van der Waals surface area contributed by atoms with E-state index in [0.717, 1.165) is 0 Å². The molecule has 1 fully saturated rings. The van der Waals surface area contributed by atoms with Crippen molar-refractivity contribution in [2.75, 3.05) is 19.7 Å². The van der Waals surface area contributed by atoms with Crippen molar-refractivity contribution in [3.05, 3.63) is 62.7 Å². The molecule has 1 aromatic carbocycles. The number of alkyl halides is 2. The largest absolute Gasteiger partial charge is 0.481 e. The van der Waals surface area contributed by atoms with Crippen LogP contribution in [0.5, 0.6) is 0 Å². The predicted octanol–water partition coefficient (Wildman–Crippen LogP) is 4.92. The first kappa shape index (κ1) is 28.1. The molecule has 2 atom stereocenters. The number of esters is 1. The Morgan fingerprint density at radius 1 is 1.32 bits per heavy atom. The number of hydrogen-bond acceptors (Lipinski definition) is 8. The molecule has 2 aliphatic heterocycles. The van der Waals surface area contributed by atoms with Gasteiger partial charge in [-0.15, -0.1) is 11.3 Å². The lowest BCUT2D eigenvalue weighted by Crippen LogP contribution is -2.44. The number of carbonyl (C=O) groups excluding carboxylic acids is 1. The van der Waals surface area contributed by atoms with Crippen LogP contribution in [0.15, 0.2) is 52.1 Å². The quantitative estimate of drug-likeness (QED) is 0.415. The van der Waals surface area contributed by atoms with Crippen molar-refractivity contribution in [1.82, 2.24) is 15.2 Å². The van der Waals surface area contributed by atoms with Crippen LogP contribution in [0.3, 0.4) is 0 Å². The van der Waals surface area contributed by atoms with Crippen molar-refractivity contribution in [1.29, 1.82) is 0 Å². The van der Waals surface area contributed by atoms with Gasteiger partial charge in [0.05, 0.1) is 18.7 Å². The summed E-state index contributed by atoms with van der Waals surface area (Å²) >= 11 is 7.85. The van der Waals surface area contributed by atoms with Crippen LogP contribution in [-0.4, -0.2) is 64.4 Å². The first-order chi connectivity index (χ1) is 18.0. The van der Waals surface area contributed by atoms with Crippen LogP contribution in [0.2, 0.25) is 5.02 Å². The Hall–Kier alpha value is -2.89. The summed E-state index contributed by atoms with van der Waals surface area (Å²) in [6, 6.07) is 5.34. The molecule has 0 aliphatic carbocycles. The number of carbonyl (C=O) groups is 2. The summed E-state index contributed by atoms with van der Waals surface area (Å²) in [5, 5.41) is 15.1. The molecule has 12 heteroatoms. The van der Waals surface area contributed by atoms with Gasteiger partial charge in [0, 0.05) is 52.3 Å². The number of halogens is 3. The monoisotopic (exact) mass is 566 g/mol. The highest BCUT2D eigenvalue weighted by Crippen LogP contribution is 2.49. The third-order valence-electron chi connectivity index (χ3n) is 7.07. The molecular formula is C26H29ClF2N4O4S. The molecule has 4 rings (SSSR count). The SMILES string of the molecule is CCOC(=O)C1=C(CN2CC(F)(F)C(C)(C)[C@@H]2CCC(=O)O)NC(c2nccs2)=N[C@H]1c1ccccc1Cl. The van der Waals surface area contributed by atoms with E-state index in [9.17, 15) is 14.7 Å². The van der Waals surface area contributed by atoms with E-state index < -0.39 is 41.9 Å². The van der Waals surface area contributed by atoms with Crippen molar-refractivity contribution in [2.24, 2.45) is 10.4 Å². The molecule has 0 saturated carbocycles. The van der Waals surface area contributed by atoms with Gasteiger partial charge in [0.15, 0.2) is 10.8 Å². The summed E-state index contributed by atoms with van der Waals surface area (Å²) in [7, 11) is 0. The second kappa shape index (κ2) is 11.1. The fourth-order valence-corrected chi connectivity index (χ4v) is 5.81. The molecule has 8 nitrogen and oxygen atoms in total. The number of amidine groups is 1. The Bertz CT molecular complexity index is 1270. The summed E-state index contributed by atoms with van der Waals surface area (Å²) in [6.45, 7) is 4.00. The average molecular weight is 567 g/mol. The number of aromatic nitrogens is 1. The minimum absolute atomic E-state index is 0.0291. The van der Waals surface area contributed by atoms with Crippen LogP contribution in [0.4, 0.5) is 8.78 Å². The predicted molar refractivity (Wildman–Crippen MR) is 141 cm³/mol. The summed E-state index contributed by atoms with van der Waals surface area (Å²) in [5.41, 5.74) is -0.441. The number of aliphatic carboxylic acids is 1. The number of nitrogens with one attached hydrogen (secondary N) is 1. The normalized spacial score (nSPS) is 22.6. The highest BCUT2D eigenvalue weighted by molar-refractivity contribution is 7.11. The fraction of sp³-hybridized carbons (Fsp3) is 0.462. The van der Waals surface area contributed by atoms with Gasteiger partial charge in [-0.2, -0.15) is 0 Å². The van der Waals surface area contributed by atoms with Crippen LogP contribution in [0, 0.1) is 5.41 Å². The van der Waals surface area contributed by atoms with E-state index in [2.05, 4.69) is 10.3 Å². The van der Waals surface area contributed by atoms with Crippen molar-refractivity contribution >= 4 is 40.7 Å². The zero-order valence-corrected chi connectivity index (χ0v) is 22.8. The van der Waals surface area contributed by atoms with Gasteiger partial charge in [0.1, 0.15) is 6.04 Å². The van der Waals surface area contributed by atoms with Crippen LogP contribution in [0.1, 0.15) is 50.2 Å². The lowest BCUT2D eigenvalue weighted by atomic mass is 9.79.